The molecule has 0 spiro atoms. The summed E-state index contributed by atoms with van der Waals surface area (Å²) in [4.78, 5) is 24.1. The molecule has 0 atom stereocenters. The second-order valence-electron chi connectivity index (χ2n) is 5.81. The lowest BCUT2D eigenvalue weighted by Crippen LogP contribution is -2.13. The Balaban J connectivity index is 2.33. The van der Waals surface area contributed by atoms with Gasteiger partial charge in [0.05, 0.1) is 0 Å². The van der Waals surface area contributed by atoms with Gasteiger partial charge in [0.2, 0.25) is 0 Å². The fraction of sp³-hybridized carbons (Fsp3) is 0.529. The van der Waals surface area contributed by atoms with Gasteiger partial charge in [-0.15, -0.1) is 0 Å². The van der Waals surface area contributed by atoms with Crippen LogP contribution < -0.4 is 5.43 Å². The van der Waals surface area contributed by atoms with Crippen molar-refractivity contribution >= 4 is 5.78 Å². The Hall–Kier alpha value is -1.84. The van der Waals surface area contributed by atoms with Crippen LogP contribution in [0.2, 0.25) is 0 Å². The third-order valence-electron chi connectivity index (χ3n) is 4.28. The Kier molecular flexibility index (Phi) is 4.99. The standard InChI is InChI=1S/C17H22O4/c1-2-12-9-15(19)17(21)16(20)10-13(12)14(18)8-11-6-4-3-5-7-11/h9-11H,2-8H2,1H3,(H2,19,20,21). The Morgan fingerprint density at radius 3 is 2.38 bits per heavy atom. The average Bonchev–Trinajstić information content (AvgIpc) is 2.59. The molecule has 0 aromatic heterocycles. The molecule has 4 heteroatoms. The minimum absolute atomic E-state index is 0.0518. The van der Waals surface area contributed by atoms with Gasteiger partial charge in [0.1, 0.15) is 0 Å². The van der Waals surface area contributed by atoms with Gasteiger partial charge >= 0.3 is 0 Å². The van der Waals surface area contributed by atoms with E-state index in [-0.39, 0.29) is 5.78 Å². The number of hydrogen-bond donors (Lipinski definition) is 2. The summed E-state index contributed by atoms with van der Waals surface area (Å²) in [6.07, 6.45) is 6.67. The lowest BCUT2D eigenvalue weighted by Gasteiger charge is -2.20. The molecule has 0 bridgehead atoms. The van der Waals surface area contributed by atoms with Crippen molar-refractivity contribution in [2.24, 2.45) is 5.92 Å². The van der Waals surface area contributed by atoms with Crippen molar-refractivity contribution in [3.63, 3.8) is 0 Å². The van der Waals surface area contributed by atoms with Crippen LogP contribution in [0.4, 0.5) is 0 Å². The van der Waals surface area contributed by atoms with E-state index in [0.717, 1.165) is 25.7 Å². The molecule has 2 N–H and O–H groups in total. The summed E-state index contributed by atoms with van der Waals surface area (Å²) in [6, 6.07) is 2.52. The molecular formula is C17H22O4. The molecule has 0 saturated heterocycles. The summed E-state index contributed by atoms with van der Waals surface area (Å²) < 4.78 is 0. The van der Waals surface area contributed by atoms with E-state index >= 15 is 0 Å². The maximum atomic E-state index is 12.5. The zero-order valence-electron chi connectivity index (χ0n) is 12.4. The number of aryl methyl sites for hydroxylation is 1. The molecule has 1 aromatic carbocycles. The predicted molar refractivity (Wildman–Crippen MR) is 80.9 cm³/mol. The maximum Gasteiger partial charge on any atom is 0.261 e. The fourth-order valence-electron chi connectivity index (χ4n) is 3.05. The fourth-order valence-corrected chi connectivity index (χ4v) is 3.05. The topological polar surface area (TPSA) is 74.6 Å². The highest BCUT2D eigenvalue weighted by Gasteiger charge is 2.20. The quantitative estimate of drug-likeness (QED) is 0.835. The van der Waals surface area contributed by atoms with Crippen LogP contribution >= 0.6 is 0 Å². The van der Waals surface area contributed by atoms with Crippen molar-refractivity contribution in [3.05, 3.63) is 33.5 Å². The number of carbonyl (C=O) groups is 1. The first-order valence-corrected chi connectivity index (χ1v) is 7.65. The van der Waals surface area contributed by atoms with Gasteiger partial charge in [-0.25, -0.2) is 0 Å². The Morgan fingerprint density at radius 2 is 1.76 bits per heavy atom. The maximum absolute atomic E-state index is 12.5. The van der Waals surface area contributed by atoms with Crippen LogP contribution in [0.5, 0.6) is 11.5 Å². The molecule has 0 unspecified atom stereocenters. The molecule has 1 aliphatic rings. The number of aromatic hydroxyl groups is 2. The monoisotopic (exact) mass is 290 g/mol. The van der Waals surface area contributed by atoms with E-state index in [4.69, 9.17) is 0 Å². The SMILES string of the molecule is CCc1cc(O)c(=O)c(O)cc1C(=O)CC1CCCCC1. The van der Waals surface area contributed by atoms with E-state index in [0.29, 0.717) is 29.9 Å². The molecule has 0 amide bonds. The largest absolute Gasteiger partial charge is 0.504 e. The number of carbonyl (C=O) groups excluding carboxylic acids is 1. The van der Waals surface area contributed by atoms with Gasteiger partial charge in [-0.1, -0.05) is 39.0 Å². The van der Waals surface area contributed by atoms with E-state index in [2.05, 4.69) is 0 Å². The van der Waals surface area contributed by atoms with E-state index < -0.39 is 16.9 Å². The van der Waals surface area contributed by atoms with Crippen LogP contribution in [0.25, 0.3) is 0 Å². The summed E-state index contributed by atoms with van der Waals surface area (Å²) in [6.45, 7) is 1.85. The van der Waals surface area contributed by atoms with Gasteiger partial charge in [-0.05, 0) is 30.0 Å². The molecule has 114 valence electrons. The zero-order chi connectivity index (χ0) is 15.4. The van der Waals surface area contributed by atoms with E-state index in [1.165, 1.54) is 18.6 Å². The smallest absolute Gasteiger partial charge is 0.261 e. The zero-order valence-corrected chi connectivity index (χ0v) is 12.4. The van der Waals surface area contributed by atoms with Crippen molar-refractivity contribution in [1.29, 1.82) is 0 Å². The summed E-state index contributed by atoms with van der Waals surface area (Å²) >= 11 is 0. The molecule has 2 rings (SSSR count). The van der Waals surface area contributed by atoms with Gasteiger partial charge < -0.3 is 10.2 Å². The van der Waals surface area contributed by atoms with Crippen LogP contribution in [0.1, 0.15) is 61.4 Å². The summed E-state index contributed by atoms with van der Waals surface area (Å²) in [5.41, 5.74) is 0.130. The van der Waals surface area contributed by atoms with E-state index in [1.54, 1.807) is 0 Å². The van der Waals surface area contributed by atoms with Crippen LogP contribution in [-0.4, -0.2) is 16.0 Å². The van der Waals surface area contributed by atoms with Gasteiger partial charge in [0.15, 0.2) is 17.3 Å². The van der Waals surface area contributed by atoms with Crippen LogP contribution in [0, 0.1) is 5.92 Å². The molecule has 1 saturated carbocycles. The molecule has 1 aliphatic carbocycles. The van der Waals surface area contributed by atoms with Crippen molar-refractivity contribution in [2.75, 3.05) is 0 Å². The van der Waals surface area contributed by atoms with Crippen LogP contribution in [0.15, 0.2) is 16.9 Å². The summed E-state index contributed by atoms with van der Waals surface area (Å²) in [5, 5.41) is 19.3. The Bertz CT molecular complexity index is 586. The van der Waals surface area contributed by atoms with Gasteiger partial charge in [0.25, 0.3) is 5.43 Å². The molecule has 21 heavy (non-hydrogen) atoms. The molecular weight excluding hydrogens is 268 g/mol. The molecule has 1 aromatic rings. The average molecular weight is 290 g/mol. The normalized spacial score (nSPS) is 15.9. The molecule has 1 fully saturated rings. The molecule has 0 heterocycles. The molecule has 0 radical (unpaired) electrons. The molecule has 0 aliphatic heterocycles. The highest BCUT2D eigenvalue weighted by Crippen LogP contribution is 2.28. The van der Waals surface area contributed by atoms with Gasteiger partial charge in [-0.2, -0.15) is 0 Å². The highest BCUT2D eigenvalue weighted by atomic mass is 16.3. The summed E-state index contributed by atoms with van der Waals surface area (Å²) in [5.74, 6) is -0.742. The van der Waals surface area contributed by atoms with Crippen molar-refractivity contribution in [1.82, 2.24) is 0 Å². The number of ketones is 1. The van der Waals surface area contributed by atoms with Crippen molar-refractivity contribution in [3.8, 4) is 11.5 Å². The van der Waals surface area contributed by atoms with Crippen LogP contribution in [0.3, 0.4) is 0 Å². The first-order chi connectivity index (χ1) is 10.0. The molecule has 4 nitrogen and oxygen atoms in total. The number of Topliss-reactive ketones (excluding diaryl/α,β-unsaturated/α-hetero) is 1. The Labute approximate surface area is 124 Å². The van der Waals surface area contributed by atoms with Crippen LogP contribution in [-0.2, 0) is 6.42 Å². The van der Waals surface area contributed by atoms with Gasteiger partial charge in [-0.3, -0.25) is 9.59 Å². The highest BCUT2D eigenvalue weighted by molar-refractivity contribution is 5.98. The lowest BCUT2D eigenvalue weighted by atomic mass is 9.84. The third kappa shape index (κ3) is 3.63. The number of rotatable bonds is 4. The minimum Gasteiger partial charge on any atom is -0.504 e. The first kappa shape index (κ1) is 15.5. The number of hydrogen-bond acceptors (Lipinski definition) is 4. The van der Waals surface area contributed by atoms with Crippen molar-refractivity contribution < 1.29 is 15.0 Å². The third-order valence-corrected chi connectivity index (χ3v) is 4.28. The van der Waals surface area contributed by atoms with Crippen molar-refractivity contribution in [2.45, 2.75) is 51.9 Å². The second-order valence-corrected chi connectivity index (χ2v) is 5.81. The van der Waals surface area contributed by atoms with Gasteiger partial charge in [0, 0.05) is 12.0 Å². The van der Waals surface area contributed by atoms with E-state index in [1.807, 2.05) is 6.92 Å². The Morgan fingerprint density at radius 1 is 1.14 bits per heavy atom. The predicted octanol–water partition coefficient (Wildman–Crippen LogP) is 3.17. The minimum atomic E-state index is -0.832. The summed E-state index contributed by atoms with van der Waals surface area (Å²) in [7, 11) is 0. The first-order valence-electron chi connectivity index (χ1n) is 7.65. The lowest BCUT2D eigenvalue weighted by molar-refractivity contribution is 0.0949. The van der Waals surface area contributed by atoms with E-state index in [9.17, 15) is 19.8 Å². The second kappa shape index (κ2) is 6.74.